The lowest BCUT2D eigenvalue weighted by Gasteiger charge is -2.54. The first-order valence-corrected chi connectivity index (χ1v) is 16.6. The van der Waals surface area contributed by atoms with Crippen molar-refractivity contribution in [2.24, 2.45) is 12.5 Å². The summed E-state index contributed by atoms with van der Waals surface area (Å²) in [5.41, 5.74) is 5.43. The van der Waals surface area contributed by atoms with Crippen molar-refractivity contribution in [2.45, 2.75) is 64.6 Å². The van der Waals surface area contributed by atoms with Crippen molar-refractivity contribution in [1.29, 1.82) is 0 Å². The predicted molar refractivity (Wildman–Crippen MR) is 181 cm³/mol. The molecule has 0 radical (unpaired) electrons. The molecule has 1 amide bonds. The SMILES string of the molecule is Cc1c(-c2cc(C(=O)Nc3nc4ccc(N5CCC(N6CCC7(CC6)CN(C)C7)CC5)cc4n3CC(C)(C)O)ccn2)cnn1C. The zero-order valence-electron chi connectivity index (χ0n) is 27.8. The number of carbonyl (C=O) groups excluding carboxylic acids is 1. The Morgan fingerprint density at radius 3 is 2.46 bits per heavy atom. The van der Waals surface area contributed by atoms with Gasteiger partial charge in [0.05, 0.1) is 35.1 Å². The smallest absolute Gasteiger partial charge is 0.258 e. The number of pyridine rings is 1. The number of rotatable bonds is 7. The van der Waals surface area contributed by atoms with Crippen LogP contribution in [-0.4, -0.2) is 103 Å². The minimum Gasteiger partial charge on any atom is -0.389 e. The highest BCUT2D eigenvalue weighted by Crippen LogP contribution is 2.40. The third-order valence-corrected chi connectivity index (χ3v) is 10.5. The molecule has 6 heterocycles. The van der Waals surface area contributed by atoms with E-state index < -0.39 is 5.60 Å². The molecule has 11 nitrogen and oxygen atoms in total. The first-order chi connectivity index (χ1) is 22.0. The number of likely N-dealkylation sites (tertiary alicyclic amines) is 2. The topological polar surface area (TPSA) is 108 Å². The van der Waals surface area contributed by atoms with Gasteiger partial charge in [0.25, 0.3) is 5.91 Å². The quantitative estimate of drug-likeness (QED) is 0.316. The van der Waals surface area contributed by atoms with Crippen LogP contribution in [-0.2, 0) is 13.6 Å². The highest BCUT2D eigenvalue weighted by Gasteiger charge is 2.44. The largest absolute Gasteiger partial charge is 0.389 e. The summed E-state index contributed by atoms with van der Waals surface area (Å²) in [5, 5.41) is 18.2. The Morgan fingerprint density at radius 2 is 1.80 bits per heavy atom. The van der Waals surface area contributed by atoms with Gasteiger partial charge in [-0.25, -0.2) is 4.98 Å². The summed E-state index contributed by atoms with van der Waals surface area (Å²) >= 11 is 0. The summed E-state index contributed by atoms with van der Waals surface area (Å²) in [4.78, 5) is 30.5. The van der Waals surface area contributed by atoms with Gasteiger partial charge in [-0.1, -0.05) is 0 Å². The van der Waals surface area contributed by atoms with E-state index in [-0.39, 0.29) is 12.5 Å². The van der Waals surface area contributed by atoms with Crippen molar-refractivity contribution < 1.29 is 9.90 Å². The number of aliphatic hydroxyl groups is 1. The van der Waals surface area contributed by atoms with Crippen LogP contribution in [0.1, 0.15) is 55.6 Å². The molecule has 244 valence electrons. The molecular weight excluding hydrogens is 578 g/mol. The molecule has 46 heavy (non-hydrogen) atoms. The van der Waals surface area contributed by atoms with Crippen LogP contribution in [0.15, 0.2) is 42.7 Å². The fourth-order valence-corrected chi connectivity index (χ4v) is 7.86. The Bertz CT molecular complexity index is 1730. The van der Waals surface area contributed by atoms with Gasteiger partial charge in [0, 0.05) is 68.0 Å². The van der Waals surface area contributed by atoms with Gasteiger partial charge in [0.1, 0.15) is 0 Å². The summed E-state index contributed by atoms with van der Waals surface area (Å²) < 4.78 is 3.72. The summed E-state index contributed by atoms with van der Waals surface area (Å²) in [6.45, 7) is 12.9. The number of anilines is 2. The molecule has 1 spiro atoms. The Morgan fingerprint density at radius 1 is 1.07 bits per heavy atom. The molecule has 0 bridgehead atoms. The maximum absolute atomic E-state index is 13.5. The van der Waals surface area contributed by atoms with Gasteiger partial charge < -0.3 is 24.4 Å². The monoisotopic (exact) mass is 625 g/mol. The molecule has 11 heteroatoms. The number of hydrogen-bond donors (Lipinski definition) is 2. The van der Waals surface area contributed by atoms with E-state index in [1.165, 1.54) is 51.9 Å². The van der Waals surface area contributed by atoms with Gasteiger partial charge in [0.2, 0.25) is 5.95 Å². The second-order valence-corrected chi connectivity index (χ2v) is 14.6. The third kappa shape index (κ3) is 6.03. The van der Waals surface area contributed by atoms with Gasteiger partial charge in [-0.05, 0) is 102 Å². The van der Waals surface area contributed by atoms with Gasteiger partial charge in [-0.15, -0.1) is 0 Å². The molecule has 3 fully saturated rings. The van der Waals surface area contributed by atoms with E-state index in [0.717, 1.165) is 41.1 Å². The molecule has 0 aliphatic carbocycles. The molecule has 3 saturated heterocycles. The fraction of sp³-hybridized carbons (Fsp3) is 0.543. The van der Waals surface area contributed by atoms with Crippen molar-refractivity contribution >= 4 is 28.6 Å². The number of piperidine rings is 2. The van der Waals surface area contributed by atoms with E-state index >= 15 is 0 Å². The number of imidazole rings is 1. The van der Waals surface area contributed by atoms with Crippen LogP contribution in [0.4, 0.5) is 11.6 Å². The molecule has 3 aromatic heterocycles. The van der Waals surface area contributed by atoms with Crippen molar-refractivity contribution in [2.75, 3.05) is 56.5 Å². The molecular formula is C35H47N9O2. The zero-order chi connectivity index (χ0) is 32.2. The van der Waals surface area contributed by atoms with Crippen molar-refractivity contribution in [3.05, 3.63) is 54.0 Å². The van der Waals surface area contributed by atoms with Crippen LogP contribution in [0.5, 0.6) is 0 Å². The first kappa shape index (κ1) is 30.8. The number of aryl methyl sites for hydroxylation is 1. The summed E-state index contributed by atoms with van der Waals surface area (Å²) in [6.07, 6.45) is 8.42. The third-order valence-electron chi connectivity index (χ3n) is 10.5. The number of fused-ring (bicyclic) bond motifs is 1. The lowest BCUT2D eigenvalue weighted by Crippen LogP contribution is -2.60. The highest BCUT2D eigenvalue weighted by atomic mass is 16.3. The average molecular weight is 626 g/mol. The Balaban J connectivity index is 1.07. The van der Waals surface area contributed by atoms with Gasteiger partial charge in [0.15, 0.2) is 0 Å². The second kappa shape index (κ2) is 11.8. The van der Waals surface area contributed by atoms with Crippen LogP contribution in [0.3, 0.4) is 0 Å². The number of amides is 1. The van der Waals surface area contributed by atoms with Crippen molar-refractivity contribution in [3.63, 3.8) is 0 Å². The van der Waals surface area contributed by atoms with Crippen molar-refractivity contribution in [3.8, 4) is 11.3 Å². The maximum Gasteiger partial charge on any atom is 0.258 e. The predicted octanol–water partition coefficient (Wildman–Crippen LogP) is 4.16. The molecule has 3 aliphatic rings. The standard InChI is InChI=1S/C35H47N9O2/c1-24-28(20-37-41(24)5)30-18-25(8-13-36-30)32(45)39-33-38-29-7-6-27(19-31(29)44(33)21-34(2,3)46)42-14-9-26(10-15-42)43-16-11-35(12-17-43)22-40(4)23-35/h6-8,13,18-20,26,46H,9-12,14-17,21-23H2,1-5H3,(H,38,39,45). The second-order valence-electron chi connectivity index (χ2n) is 14.6. The zero-order valence-corrected chi connectivity index (χ0v) is 27.8. The Kier molecular flexibility index (Phi) is 7.89. The number of carbonyl (C=O) groups is 1. The number of aromatic nitrogens is 5. The molecule has 3 aliphatic heterocycles. The number of nitrogens with zero attached hydrogens (tertiary/aromatic N) is 8. The maximum atomic E-state index is 13.5. The number of benzene rings is 1. The Labute approximate surface area is 271 Å². The summed E-state index contributed by atoms with van der Waals surface area (Å²) in [7, 11) is 4.12. The van der Waals surface area contributed by atoms with E-state index in [2.05, 4.69) is 49.3 Å². The molecule has 0 saturated carbocycles. The molecule has 0 unspecified atom stereocenters. The molecule has 1 aromatic carbocycles. The van der Waals surface area contributed by atoms with Gasteiger partial charge >= 0.3 is 0 Å². The Hall–Kier alpha value is -3.80. The summed E-state index contributed by atoms with van der Waals surface area (Å²) in [5.74, 6) is 0.127. The lowest BCUT2D eigenvalue weighted by molar-refractivity contribution is -0.0419. The van der Waals surface area contributed by atoms with E-state index in [1.54, 1.807) is 43.1 Å². The molecule has 2 N–H and O–H groups in total. The normalized spacial score (nSPS) is 19.6. The highest BCUT2D eigenvalue weighted by molar-refractivity contribution is 6.04. The minimum absolute atomic E-state index is 0.284. The van der Waals surface area contributed by atoms with Crippen LogP contribution in [0.2, 0.25) is 0 Å². The number of nitrogens with one attached hydrogen (secondary N) is 1. The van der Waals surface area contributed by atoms with Crippen LogP contribution < -0.4 is 10.2 Å². The van der Waals surface area contributed by atoms with Crippen molar-refractivity contribution in [1.82, 2.24) is 34.1 Å². The van der Waals surface area contributed by atoms with E-state index in [9.17, 15) is 9.90 Å². The van der Waals surface area contributed by atoms with Crippen LogP contribution in [0.25, 0.3) is 22.3 Å². The summed E-state index contributed by atoms with van der Waals surface area (Å²) in [6, 6.07) is 10.5. The average Bonchev–Trinajstić information content (AvgIpc) is 3.53. The minimum atomic E-state index is -1.01. The fourth-order valence-electron chi connectivity index (χ4n) is 7.86. The van der Waals surface area contributed by atoms with E-state index in [4.69, 9.17) is 4.98 Å². The van der Waals surface area contributed by atoms with Gasteiger partial charge in [-0.3, -0.25) is 19.8 Å². The molecule has 4 aromatic rings. The van der Waals surface area contributed by atoms with Crippen LogP contribution >= 0.6 is 0 Å². The lowest BCUT2D eigenvalue weighted by atomic mass is 9.72. The van der Waals surface area contributed by atoms with E-state index in [1.807, 2.05) is 24.6 Å². The van der Waals surface area contributed by atoms with E-state index in [0.29, 0.717) is 28.7 Å². The van der Waals surface area contributed by atoms with Crippen LogP contribution in [0, 0.1) is 12.3 Å². The van der Waals surface area contributed by atoms with Gasteiger partial charge in [-0.2, -0.15) is 5.10 Å². The molecule has 7 rings (SSSR count). The first-order valence-electron chi connectivity index (χ1n) is 16.6. The number of hydrogen-bond acceptors (Lipinski definition) is 8. The molecule has 0 atom stereocenters.